The van der Waals surface area contributed by atoms with Crippen molar-refractivity contribution in [2.75, 3.05) is 13.6 Å². The summed E-state index contributed by atoms with van der Waals surface area (Å²) < 4.78 is 0. The molecule has 3 saturated carbocycles. The van der Waals surface area contributed by atoms with Crippen molar-refractivity contribution in [1.29, 1.82) is 0 Å². The van der Waals surface area contributed by atoms with Crippen LogP contribution in [0.15, 0.2) is 72.4 Å². The zero-order chi connectivity index (χ0) is 25.0. The Morgan fingerprint density at radius 3 is 2.57 bits per heavy atom. The lowest BCUT2D eigenvalue weighted by Gasteiger charge is -2.57. The maximum atomic E-state index is 4.69. The minimum absolute atomic E-state index is 0.239. The average Bonchev–Trinajstić information content (AvgIpc) is 3.12. The first-order valence-electron chi connectivity index (χ1n) is 14.2. The maximum absolute atomic E-state index is 4.69. The monoisotopic (exact) mass is 469 g/mol. The van der Waals surface area contributed by atoms with Gasteiger partial charge in [0.2, 0.25) is 0 Å². The lowest BCUT2D eigenvalue weighted by molar-refractivity contribution is -0.0287. The highest BCUT2D eigenvalue weighted by molar-refractivity contribution is 5.43. The Morgan fingerprint density at radius 2 is 1.86 bits per heavy atom. The zero-order valence-corrected chi connectivity index (χ0v) is 22.9. The third-order valence-electron chi connectivity index (χ3n) is 10.8. The van der Waals surface area contributed by atoms with E-state index < -0.39 is 0 Å². The molecule has 0 saturated heterocycles. The predicted molar refractivity (Wildman–Crippen MR) is 150 cm³/mol. The van der Waals surface area contributed by atoms with Crippen LogP contribution in [0.3, 0.4) is 0 Å². The molecule has 1 heteroatoms. The van der Waals surface area contributed by atoms with Crippen molar-refractivity contribution in [3.63, 3.8) is 0 Å². The van der Waals surface area contributed by atoms with Gasteiger partial charge in [-0.05, 0) is 98.6 Å². The SMILES string of the molecule is C=C1C=CC2(C)C(=C1)CCC1C2CCC2(C)C1C[C@@H](CN(C)Cc1ccc(C)cc1)C2C(=C)CC. The summed E-state index contributed by atoms with van der Waals surface area (Å²) in [6.07, 6.45) is 15.1. The largest absolute Gasteiger partial charge is 0.302 e. The summed E-state index contributed by atoms with van der Waals surface area (Å²) in [6.45, 7) is 20.8. The lowest BCUT2D eigenvalue weighted by atomic mass is 9.47. The molecule has 0 spiro atoms. The van der Waals surface area contributed by atoms with E-state index in [0.717, 1.165) is 36.6 Å². The van der Waals surface area contributed by atoms with Gasteiger partial charge in [0.25, 0.3) is 0 Å². The van der Waals surface area contributed by atoms with Gasteiger partial charge in [-0.3, -0.25) is 0 Å². The van der Waals surface area contributed by atoms with Crippen LogP contribution >= 0.6 is 0 Å². The zero-order valence-electron chi connectivity index (χ0n) is 22.9. The van der Waals surface area contributed by atoms with E-state index in [1.54, 1.807) is 5.57 Å². The van der Waals surface area contributed by atoms with Crippen molar-refractivity contribution < 1.29 is 0 Å². The topological polar surface area (TPSA) is 3.24 Å². The summed E-state index contributed by atoms with van der Waals surface area (Å²) in [4.78, 5) is 2.59. The minimum atomic E-state index is 0.239. The van der Waals surface area contributed by atoms with E-state index >= 15 is 0 Å². The van der Waals surface area contributed by atoms with Crippen LogP contribution in [0.2, 0.25) is 0 Å². The first kappa shape index (κ1) is 24.8. The molecule has 0 bridgehead atoms. The second-order valence-electron chi connectivity index (χ2n) is 13.0. The molecule has 7 atom stereocenters. The highest BCUT2D eigenvalue weighted by atomic mass is 15.1. The Balaban J connectivity index is 1.39. The molecule has 0 aliphatic heterocycles. The van der Waals surface area contributed by atoms with E-state index in [0.29, 0.717) is 11.3 Å². The van der Waals surface area contributed by atoms with Gasteiger partial charge in [0.15, 0.2) is 0 Å². The summed E-state index contributed by atoms with van der Waals surface area (Å²) in [5.41, 5.74) is 7.76. The van der Waals surface area contributed by atoms with Crippen molar-refractivity contribution in [1.82, 2.24) is 4.90 Å². The summed E-state index contributed by atoms with van der Waals surface area (Å²) in [5.74, 6) is 3.82. The number of hydrogen-bond acceptors (Lipinski definition) is 1. The number of fused-ring (bicyclic) bond motifs is 5. The van der Waals surface area contributed by atoms with Gasteiger partial charge in [-0.25, -0.2) is 0 Å². The minimum Gasteiger partial charge on any atom is -0.302 e. The number of nitrogens with zero attached hydrogens (tertiary/aromatic N) is 1. The fourth-order valence-corrected chi connectivity index (χ4v) is 9.12. The van der Waals surface area contributed by atoms with E-state index in [1.807, 2.05) is 0 Å². The third kappa shape index (κ3) is 4.22. The molecule has 0 amide bonds. The Bertz CT molecular complexity index is 1040. The number of rotatable bonds is 6. The average molecular weight is 470 g/mol. The van der Waals surface area contributed by atoms with Gasteiger partial charge in [0.05, 0.1) is 0 Å². The maximum Gasteiger partial charge on any atom is 0.0230 e. The molecule has 0 radical (unpaired) electrons. The van der Waals surface area contributed by atoms with E-state index in [9.17, 15) is 0 Å². The highest BCUT2D eigenvalue weighted by Gasteiger charge is 2.61. The molecule has 0 heterocycles. The van der Waals surface area contributed by atoms with Crippen molar-refractivity contribution in [2.24, 2.45) is 40.4 Å². The smallest absolute Gasteiger partial charge is 0.0230 e. The molecular weight excluding hydrogens is 422 g/mol. The fourth-order valence-electron chi connectivity index (χ4n) is 9.12. The van der Waals surface area contributed by atoms with Gasteiger partial charge >= 0.3 is 0 Å². The number of aryl methyl sites for hydroxylation is 1. The molecule has 4 aliphatic rings. The molecule has 5 rings (SSSR count). The summed E-state index contributed by atoms with van der Waals surface area (Å²) in [6, 6.07) is 9.10. The Labute approximate surface area is 215 Å². The number of allylic oxidation sites excluding steroid dienone is 6. The summed E-state index contributed by atoms with van der Waals surface area (Å²) in [7, 11) is 2.33. The molecule has 6 unspecified atom stereocenters. The normalized spacial score (nSPS) is 38.1. The van der Waals surface area contributed by atoms with Crippen LogP contribution in [0, 0.1) is 47.3 Å². The molecule has 3 fully saturated rings. The van der Waals surface area contributed by atoms with Crippen LogP contribution in [0.5, 0.6) is 0 Å². The van der Waals surface area contributed by atoms with Crippen LogP contribution in [-0.2, 0) is 6.54 Å². The van der Waals surface area contributed by atoms with Crippen molar-refractivity contribution in [3.8, 4) is 0 Å². The van der Waals surface area contributed by atoms with Gasteiger partial charge in [-0.1, -0.05) is 93.1 Å². The van der Waals surface area contributed by atoms with Crippen LogP contribution in [0.4, 0.5) is 0 Å². The Morgan fingerprint density at radius 1 is 1.11 bits per heavy atom. The molecule has 1 aromatic rings. The molecule has 0 aromatic heterocycles. The van der Waals surface area contributed by atoms with Gasteiger partial charge < -0.3 is 4.90 Å². The quantitative estimate of drug-likeness (QED) is 0.377. The second kappa shape index (κ2) is 9.22. The van der Waals surface area contributed by atoms with E-state index in [4.69, 9.17) is 0 Å². The van der Waals surface area contributed by atoms with Crippen LogP contribution < -0.4 is 0 Å². The van der Waals surface area contributed by atoms with Crippen molar-refractivity contribution >= 4 is 0 Å². The van der Waals surface area contributed by atoms with Gasteiger partial charge in [-0.2, -0.15) is 0 Å². The van der Waals surface area contributed by atoms with Crippen molar-refractivity contribution in [2.45, 2.75) is 72.8 Å². The van der Waals surface area contributed by atoms with Gasteiger partial charge in [-0.15, -0.1) is 0 Å². The molecule has 0 N–H and O–H groups in total. The predicted octanol–water partition coefficient (Wildman–Crippen LogP) is 8.53. The highest BCUT2D eigenvalue weighted by Crippen LogP contribution is 2.68. The summed E-state index contributed by atoms with van der Waals surface area (Å²) >= 11 is 0. The van der Waals surface area contributed by atoms with E-state index in [2.05, 4.69) is 95.3 Å². The molecular formula is C34H47N. The van der Waals surface area contributed by atoms with E-state index in [1.165, 1.54) is 60.9 Å². The first-order chi connectivity index (χ1) is 16.7. The molecule has 4 aliphatic carbocycles. The molecule has 1 aromatic carbocycles. The van der Waals surface area contributed by atoms with Crippen LogP contribution in [0.25, 0.3) is 0 Å². The van der Waals surface area contributed by atoms with Gasteiger partial charge in [0, 0.05) is 18.5 Å². The Hall–Kier alpha value is -1.86. The van der Waals surface area contributed by atoms with Crippen LogP contribution in [-0.4, -0.2) is 18.5 Å². The third-order valence-corrected chi connectivity index (χ3v) is 10.8. The van der Waals surface area contributed by atoms with Gasteiger partial charge in [0.1, 0.15) is 0 Å². The summed E-state index contributed by atoms with van der Waals surface area (Å²) in [5, 5.41) is 0. The van der Waals surface area contributed by atoms with Crippen molar-refractivity contribution in [3.05, 3.63) is 83.5 Å². The molecule has 188 valence electrons. The number of hydrogen-bond donors (Lipinski definition) is 0. The molecule has 35 heavy (non-hydrogen) atoms. The fraction of sp³-hybridized carbons (Fsp3) is 0.588. The second-order valence-corrected chi connectivity index (χ2v) is 13.0. The van der Waals surface area contributed by atoms with E-state index in [-0.39, 0.29) is 5.41 Å². The molecule has 1 nitrogen and oxygen atoms in total. The Kier molecular flexibility index (Phi) is 6.54. The first-order valence-corrected chi connectivity index (χ1v) is 14.2. The standard InChI is InChI=1S/C34H47N/c1-8-25(4)32-27(22-35(7)21-26-11-9-23(2)10-12-26)20-31-29-14-13-28-19-24(3)15-17-33(28,5)30(29)16-18-34(31,32)6/h9-12,15,17,19,27,29-32H,3-4,8,13-14,16,18,20-22H2,1-2,5-7H3/t27-,29?,30?,31?,32?,33?,34?/m0/s1. The lowest BCUT2D eigenvalue weighted by Crippen LogP contribution is -2.49. The number of benzene rings is 1. The van der Waals surface area contributed by atoms with Crippen LogP contribution in [0.1, 0.15) is 70.4 Å².